The Bertz CT molecular complexity index is 279. The molecule has 0 aromatic heterocycles. The Kier molecular flexibility index (Phi) is 6.33. The second kappa shape index (κ2) is 6.45. The molecule has 0 aromatic rings. The van der Waals surface area contributed by atoms with Crippen LogP contribution in [0.2, 0.25) is 0 Å². The summed E-state index contributed by atoms with van der Waals surface area (Å²) in [6, 6.07) is 0. The van der Waals surface area contributed by atoms with Gasteiger partial charge < -0.3 is 25.7 Å². The highest BCUT2D eigenvalue weighted by atomic mass is 32.2. The first kappa shape index (κ1) is 15.7. The summed E-state index contributed by atoms with van der Waals surface area (Å²) in [6.07, 6.45) is -1.58. The molecule has 0 spiro atoms. The predicted octanol–water partition coefficient (Wildman–Crippen LogP) is -3.41. The summed E-state index contributed by atoms with van der Waals surface area (Å²) in [4.78, 5) is 0. The molecule has 0 aliphatic carbocycles. The molecule has 16 heavy (non-hydrogen) atoms. The molecule has 0 bridgehead atoms. The SMILES string of the molecule is CNC(CO)(CO)C(O)CS(=O)(=O)OCO. The smallest absolute Gasteiger partial charge is 0.272 e. The molecule has 0 aromatic carbocycles. The summed E-state index contributed by atoms with van der Waals surface area (Å²) >= 11 is 0. The molecule has 1 atom stereocenters. The van der Waals surface area contributed by atoms with Gasteiger partial charge in [0.1, 0.15) is 5.75 Å². The zero-order valence-electron chi connectivity index (χ0n) is 8.83. The Balaban J connectivity index is 4.72. The summed E-state index contributed by atoms with van der Waals surface area (Å²) in [6.45, 7) is -2.34. The monoisotopic (exact) mass is 259 g/mol. The predicted molar refractivity (Wildman–Crippen MR) is 53.9 cm³/mol. The van der Waals surface area contributed by atoms with E-state index in [4.69, 9.17) is 15.3 Å². The fourth-order valence-electron chi connectivity index (χ4n) is 1.07. The van der Waals surface area contributed by atoms with Crippen LogP contribution in [0.4, 0.5) is 0 Å². The number of nitrogens with one attached hydrogen (secondary N) is 1. The molecule has 0 saturated carbocycles. The number of aliphatic hydroxyl groups is 4. The molecule has 0 aliphatic rings. The van der Waals surface area contributed by atoms with Gasteiger partial charge in [-0.05, 0) is 7.05 Å². The van der Waals surface area contributed by atoms with Crippen molar-refractivity contribution < 1.29 is 33.0 Å². The zero-order valence-corrected chi connectivity index (χ0v) is 9.64. The van der Waals surface area contributed by atoms with Crippen molar-refractivity contribution in [1.29, 1.82) is 0 Å². The van der Waals surface area contributed by atoms with E-state index < -0.39 is 47.5 Å². The second-order valence-corrected chi connectivity index (χ2v) is 4.89. The minimum atomic E-state index is -4.11. The molecule has 0 heterocycles. The summed E-state index contributed by atoms with van der Waals surface area (Å²) in [5, 5.41) is 38.3. The van der Waals surface area contributed by atoms with E-state index >= 15 is 0 Å². The summed E-state index contributed by atoms with van der Waals surface area (Å²) < 4.78 is 26.2. The van der Waals surface area contributed by atoms with Crippen LogP contribution in [0.3, 0.4) is 0 Å². The van der Waals surface area contributed by atoms with Gasteiger partial charge in [-0.1, -0.05) is 0 Å². The van der Waals surface area contributed by atoms with Crippen LogP contribution in [0, 0.1) is 0 Å². The van der Waals surface area contributed by atoms with E-state index in [1.54, 1.807) is 0 Å². The molecule has 5 N–H and O–H groups in total. The minimum absolute atomic E-state index is 0.657. The number of rotatable bonds is 8. The van der Waals surface area contributed by atoms with Gasteiger partial charge in [-0.3, -0.25) is 0 Å². The van der Waals surface area contributed by atoms with Crippen LogP contribution < -0.4 is 5.32 Å². The Morgan fingerprint density at radius 1 is 1.31 bits per heavy atom. The van der Waals surface area contributed by atoms with Crippen LogP contribution in [0.1, 0.15) is 0 Å². The molecule has 0 fully saturated rings. The van der Waals surface area contributed by atoms with Gasteiger partial charge in [-0.15, -0.1) is 0 Å². The Morgan fingerprint density at radius 2 is 1.81 bits per heavy atom. The van der Waals surface area contributed by atoms with Crippen molar-refractivity contribution in [1.82, 2.24) is 5.32 Å². The molecule has 0 amide bonds. The third kappa shape index (κ3) is 3.94. The van der Waals surface area contributed by atoms with Crippen molar-refractivity contribution in [3.8, 4) is 0 Å². The third-order valence-corrected chi connectivity index (χ3v) is 3.48. The number of hydrogen-bond donors (Lipinski definition) is 5. The molecular formula is C7H17NO7S. The highest BCUT2D eigenvalue weighted by molar-refractivity contribution is 7.86. The Hall–Kier alpha value is -0.290. The lowest BCUT2D eigenvalue weighted by molar-refractivity contribution is -0.00170. The lowest BCUT2D eigenvalue weighted by atomic mass is 9.96. The maximum atomic E-state index is 11.1. The molecule has 98 valence electrons. The van der Waals surface area contributed by atoms with Crippen LogP contribution >= 0.6 is 0 Å². The number of aliphatic hydroxyl groups excluding tert-OH is 4. The second-order valence-electron chi connectivity index (χ2n) is 3.21. The maximum absolute atomic E-state index is 11.1. The van der Waals surface area contributed by atoms with Gasteiger partial charge in [0.25, 0.3) is 10.1 Å². The quantitative estimate of drug-likeness (QED) is 0.224. The Morgan fingerprint density at radius 3 is 2.12 bits per heavy atom. The highest BCUT2D eigenvalue weighted by Gasteiger charge is 2.38. The molecule has 0 rings (SSSR count). The fraction of sp³-hybridized carbons (Fsp3) is 1.00. The average molecular weight is 259 g/mol. The van der Waals surface area contributed by atoms with E-state index in [0.717, 1.165) is 0 Å². The molecule has 9 heteroatoms. The van der Waals surface area contributed by atoms with Gasteiger partial charge in [0.2, 0.25) is 0 Å². The zero-order chi connectivity index (χ0) is 12.8. The van der Waals surface area contributed by atoms with E-state index in [9.17, 15) is 13.5 Å². The van der Waals surface area contributed by atoms with Crippen LogP contribution in [0.15, 0.2) is 0 Å². The normalized spacial score (nSPS) is 15.1. The van der Waals surface area contributed by atoms with Crippen LogP contribution in [-0.4, -0.2) is 73.3 Å². The lowest BCUT2D eigenvalue weighted by Gasteiger charge is -2.33. The third-order valence-electron chi connectivity index (χ3n) is 2.29. The van der Waals surface area contributed by atoms with Crippen molar-refractivity contribution in [3.63, 3.8) is 0 Å². The standard InChI is InChI=1S/C7H17NO7S/c1-8-7(3-9,4-10)6(12)2-16(13,14)15-5-11/h6,8-12H,2-5H2,1H3. The average Bonchev–Trinajstić information content (AvgIpc) is 2.20. The number of likely N-dealkylation sites (N-methyl/N-ethyl adjacent to an activating group) is 1. The van der Waals surface area contributed by atoms with Crippen molar-refractivity contribution >= 4 is 10.1 Å². The van der Waals surface area contributed by atoms with Crippen LogP contribution in [0.25, 0.3) is 0 Å². The minimum Gasteiger partial charge on any atom is -0.394 e. The van der Waals surface area contributed by atoms with Gasteiger partial charge in [0.05, 0.1) is 24.9 Å². The molecule has 1 unspecified atom stereocenters. The van der Waals surface area contributed by atoms with Gasteiger partial charge in [-0.2, -0.15) is 8.42 Å². The van der Waals surface area contributed by atoms with Gasteiger partial charge in [0.15, 0.2) is 6.79 Å². The largest absolute Gasteiger partial charge is 0.394 e. The molecule has 0 radical (unpaired) electrons. The number of hydrogen-bond acceptors (Lipinski definition) is 8. The van der Waals surface area contributed by atoms with E-state index in [-0.39, 0.29) is 0 Å². The maximum Gasteiger partial charge on any atom is 0.272 e. The van der Waals surface area contributed by atoms with Gasteiger partial charge in [0, 0.05) is 0 Å². The summed E-state index contributed by atoms with van der Waals surface area (Å²) in [7, 11) is -2.75. The van der Waals surface area contributed by atoms with Gasteiger partial charge in [-0.25, -0.2) is 4.18 Å². The van der Waals surface area contributed by atoms with Crippen molar-refractivity contribution in [3.05, 3.63) is 0 Å². The molecule has 0 saturated heterocycles. The first-order chi connectivity index (χ1) is 7.37. The van der Waals surface area contributed by atoms with E-state index in [1.807, 2.05) is 0 Å². The van der Waals surface area contributed by atoms with E-state index in [2.05, 4.69) is 9.50 Å². The topological polar surface area (TPSA) is 136 Å². The lowest BCUT2D eigenvalue weighted by Crippen LogP contribution is -2.60. The van der Waals surface area contributed by atoms with E-state index in [0.29, 0.717) is 0 Å². The van der Waals surface area contributed by atoms with Crippen molar-refractivity contribution in [2.24, 2.45) is 0 Å². The van der Waals surface area contributed by atoms with Crippen LogP contribution in [-0.2, 0) is 14.3 Å². The van der Waals surface area contributed by atoms with Gasteiger partial charge >= 0.3 is 0 Å². The summed E-state index contributed by atoms with van der Waals surface area (Å²) in [5.41, 5.74) is -1.54. The van der Waals surface area contributed by atoms with E-state index in [1.165, 1.54) is 7.05 Å². The first-order valence-corrected chi connectivity index (χ1v) is 6.02. The fourth-order valence-corrected chi connectivity index (χ4v) is 2.03. The Labute approximate surface area is 93.6 Å². The molecule has 0 aliphatic heterocycles. The van der Waals surface area contributed by atoms with Crippen molar-refractivity contribution in [2.75, 3.05) is 32.8 Å². The molecular weight excluding hydrogens is 242 g/mol. The first-order valence-electron chi connectivity index (χ1n) is 4.44. The summed E-state index contributed by atoms with van der Waals surface area (Å²) in [5.74, 6) is -0.852. The van der Waals surface area contributed by atoms with Crippen molar-refractivity contribution in [2.45, 2.75) is 11.6 Å². The highest BCUT2D eigenvalue weighted by Crippen LogP contribution is 2.12. The molecule has 8 nitrogen and oxygen atoms in total. The van der Waals surface area contributed by atoms with Crippen LogP contribution in [0.5, 0.6) is 0 Å².